The maximum Gasteiger partial charge on any atom is 0.186 e. The second-order valence-electron chi connectivity index (χ2n) is 4.86. The minimum Gasteiger partial charge on any atom is -0.496 e. The van der Waals surface area contributed by atoms with Crippen molar-refractivity contribution in [3.63, 3.8) is 0 Å². The molecule has 0 amide bonds. The molecule has 0 saturated heterocycles. The van der Waals surface area contributed by atoms with Crippen LogP contribution in [0.25, 0.3) is 11.0 Å². The van der Waals surface area contributed by atoms with Crippen molar-refractivity contribution >= 4 is 16.8 Å². The third-order valence-corrected chi connectivity index (χ3v) is 3.55. The first-order chi connectivity index (χ1) is 10.2. The number of carbonyl (C=O) groups excluding carboxylic acids is 1. The molecule has 0 atom stereocenters. The number of nitrogens with zero attached hydrogens (tertiary/aromatic N) is 2. The van der Waals surface area contributed by atoms with Crippen LogP contribution in [0.1, 0.15) is 16.2 Å². The summed E-state index contributed by atoms with van der Waals surface area (Å²) in [5.41, 5.74) is 2.47. The SMILES string of the molecule is COc1ccccc1C(=O)Cn1c(C)nc2ccccc21. The zero-order chi connectivity index (χ0) is 14.8. The van der Waals surface area contributed by atoms with Gasteiger partial charge in [-0.3, -0.25) is 4.79 Å². The molecule has 0 spiro atoms. The van der Waals surface area contributed by atoms with Gasteiger partial charge in [0.05, 0.1) is 30.3 Å². The van der Waals surface area contributed by atoms with Gasteiger partial charge in [-0.05, 0) is 31.2 Å². The predicted octanol–water partition coefficient (Wildman–Crippen LogP) is 3.24. The number of aryl methyl sites for hydroxylation is 1. The third-order valence-electron chi connectivity index (χ3n) is 3.55. The molecule has 0 aliphatic rings. The lowest BCUT2D eigenvalue weighted by molar-refractivity contribution is 0.0969. The van der Waals surface area contributed by atoms with E-state index in [9.17, 15) is 4.79 Å². The fraction of sp³-hybridized carbons (Fsp3) is 0.176. The quantitative estimate of drug-likeness (QED) is 0.689. The smallest absolute Gasteiger partial charge is 0.186 e. The molecule has 1 aromatic heterocycles. The largest absolute Gasteiger partial charge is 0.496 e. The Bertz CT molecular complexity index is 805. The van der Waals surface area contributed by atoms with Gasteiger partial charge in [0.1, 0.15) is 11.6 Å². The summed E-state index contributed by atoms with van der Waals surface area (Å²) in [5.74, 6) is 1.45. The summed E-state index contributed by atoms with van der Waals surface area (Å²) in [6, 6.07) is 15.1. The molecule has 4 nitrogen and oxygen atoms in total. The Kier molecular flexibility index (Phi) is 3.44. The van der Waals surface area contributed by atoms with E-state index >= 15 is 0 Å². The van der Waals surface area contributed by atoms with Gasteiger partial charge in [-0.2, -0.15) is 0 Å². The van der Waals surface area contributed by atoms with Crippen LogP contribution in [0.5, 0.6) is 5.75 Å². The lowest BCUT2D eigenvalue weighted by Crippen LogP contribution is -2.12. The Labute approximate surface area is 123 Å². The second-order valence-corrected chi connectivity index (χ2v) is 4.86. The molecule has 3 aromatic rings. The molecule has 21 heavy (non-hydrogen) atoms. The Morgan fingerprint density at radius 3 is 2.67 bits per heavy atom. The molecule has 0 aliphatic heterocycles. The van der Waals surface area contributed by atoms with Gasteiger partial charge in [0.15, 0.2) is 5.78 Å². The molecule has 3 rings (SSSR count). The van der Waals surface area contributed by atoms with Crippen molar-refractivity contribution < 1.29 is 9.53 Å². The Morgan fingerprint density at radius 2 is 1.86 bits per heavy atom. The molecule has 2 aromatic carbocycles. The van der Waals surface area contributed by atoms with Crippen LogP contribution in [0, 0.1) is 6.92 Å². The summed E-state index contributed by atoms with van der Waals surface area (Å²) in [4.78, 5) is 17.0. The van der Waals surface area contributed by atoms with Crippen LogP contribution < -0.4 is 4.74 Å². The van der Waals surface area contributed by atoms with E-state index in [2.05, 4.69) is 4.98 Å². The van der Waals surface area contributed by atoms with Crippen molar-refractivity contribution in [2.75, 3.05) is 7.11 Å². The van der Waals surface area contributed by atoms with Crippen LogP contribution in [0.3, 0.4) is 0 Å². The number of benzene rings is 2. The minimum atomic E-state index is 0.0127. The van der Waals surface area contributed by atoms with Gasteiger partial charge in [-0.25, -0.2) is 4.98 Å². The molecule has 0 aliphatic carbocycles. The van der Waals surface area contributed by atoms with E-state index in [4.69, 9.17) is 4.74 Å². The van der Waals surface area contributed by atoms with Gasteiger partial charge in [-0.1, -0.05) is 24.3 Å². The maximum atomic E-state index is 12.6. The van der Waals surface area contributed by atoms with E-state index in [1.54, 1.807) is 19.2 Å². The number of methoxy groups -OCH3 is 1. The lowest BCUT2D eigenvalue weighted by Gasteiger charge is -2.09. The topological polar surface area (TPSA) is 44.1 Å². The highest BCUT2D eigenvalue weighted by Gasteiger charge is 2.15. The summed E-state index contributed by atoms with van der Waals surface area (Å²) in [6.07, 6.45) is 0. The molecule has 0 saturated carbocycles. The molecule has 0 unspecified atom stereocenters. The maximum absolute atomic E-state index is 12.6. The van der Waals surface area contributed by atoms with Crippen LogP contribution >= 0.6 is 0 Å². The fourth-order valence-corrected chi connectivity index (χ4v) is 2.50. The molecule has 0 radical (unpaired) electrons. The zero-order valence-electron chi connectivity index (χ0n) is 12.0. The van der Waals surface area contributed by atoms with Gasteiger partial charge in [0, 0.05) is 0 Å². The summed E-state index contributed by atoms with van der Waals surface area (Å²) < 4.78 is 7.19. The van der Waals surface area contributed by atoms with Gasteiger partial charge >= 0.3 is 0 Å². The first-order valence-corrected chi connectivity index (χ1v) is 6.79. The Balaban J connectivity index is 1.99. The number of hydrogen-bond acceptors (Lipinski definition) is 3. The summed E-state index contributed by atoms with van der Waals surface area (Å²) >= 11 is 0. The number of aromatic nitrogens is 2. The van der Waals surface area contributed by atoms with E-state index < -0.39 is 0 Å². The number of hydrogen-bond donors (Lipinski definition) is 0. The van der Waals surface area contributed by atoms with Gasteiger partial charge in [0.25, 0.3) is 0 Å². The summed E-state index contributed by atoms with van der Waals surface area (Å²) in [6.45, 7) is 2.17. The molecule has 0 bridgehead atoms. The molecular formula is C17H16N2O2. The minimum absolute atomic E-state index is 0.0127. The zero-order valence-corrected chi connectivity index (χ0v) is 12.0. The van der Waals surface area contributed by atoms with E-state index in [1.165, 1.54) is 0 Å². The van der Waals surface area contributed by atoms with Crippen LogP contribution in [-0.2, 0) is 6.54 Å². The molecule has 0 N–H and O–H groups in total. The highest BCUT2D eigenvalue weighted by Crippen LogP contribution is 2.21. The number of fused-ring (bicyclic) bond motifs is 1. The summed E-state index contributed by atoms with van der Waals surface area (Å²) in [7, 11) is 1.57. The normalized spacial score (nSPS) is 10.8. The van der Waals surface area contributed by atoms with Crippen molar-refractivity contribution in [2.45, 2.75) is 13.5 Å². The Hall–Kier alpha value is -2.62. The van der Waals surface area contributed by atoms with Crippen LogP contribution in [0.15, 0.2) is 48.5 Å². The number of carbonyl (C=O) groups is 1. The first kappa shape index (κ1) is 13.4. The van der Waals surface area contributed by atoms with Crippen molar-refractivity contribution in [1.82, 2.24) is 9.55 Å². The molecular weight excluding hydrogens is 264 g/mol. The second kappa shape index (κ2) is 5.40. The van der Waals surface area contributed by atoms with Crippen LogP contribution in [0.2, 0.25) is 0 Å². The molecule has 4 heteroatoms. The number of para-hydroxylation sites is 3. The molecule has 1 heterocycles. The van der Waals surface area contributed by atoms with E-state index in [-0.39, 0.29) is 12.3 Å². The van der Waals surface area contributed by atoms with Crippen molar-refractivity contribution in [3.05, 3.63) is 59.9 Å². The van der Waals surface area contributed by atoms with Gasteiger partial charge in [-0.15, -0.1) is 0 Å². The number of Topliss-reactive ketones (excluding diaryl/α,β-unsaturated/α-hetero) is 1. The van der Waals surface area contributed by atoms with Crippen molar-refractivity contribution in [2.24, 2.45) is 0 Å². The Morgan fingerprint density at radius 1 is 1.14 bits per heavy atom. The van der Waals surface area contributed by atoms with E-state index in [1.807, 2.05) is 47.9 Å². The lowest BCUT2D eigenvalue weighted by atomic mass is 10.1. The fourth-order valence-electron chi connectivity index (χ4n) is 2.50. The number of imidazole rings is 1. The highest BCUT2D eigenvalue weighted by molar-refractivity contribution is 5.99. The third kappa shape index (κ3) is 2.40. The summed E-state index contributed by atoms with van der Waals surface area (Å²) in [5, 5.41) is 0. The predicted molar refractivity (Wildman–Crippen MR) is 81.8 cm³/mol. The standard InChI is InChI=1S/C17H16N2O2/c1-12-18-14-8-4-5-9-15(14)19(12)11-16(20)13-7-3-6-10-17(13)21-2/h3-10H,11H2,1-2H3. The molecule has 106 valence electrons. The first-order valence-electron chi connectivity index (χ1n) is 6.79. The number of ether oxygens (including phenoxy) is 1. The van der Waals surface area contributed by atoms with E-state index in [0.717, 1.165) is 16.9 Å². The monoisotopic (exact) mass is 280 g/mol. The average molecular weight is 280 g/mol. The van der Waals surface area contributed by atoms with Crippen molar-refractivity contribution in [3.8, 4) is 5.75 Å². The van der Waals surface area contributed by atoms with Crippen molar-refractivity contribution in [1.29, 1.82) is 0 Å². The number of rotatable bonds is 4. The van der Waals surface area contributed by atoms with Gasteiger partial charge < -0.3 is 9.30 Å². The van der Waals surface area contributed by atoms with Crippen LogP contribution in [0.4, 0.5) is 0 Å². The van der Waals surface area contributed by atoms with E-state index in [0.29, 0.717) is 11.3 Å². The average Bonchev–Trinajstić information content (AvgIpc) is 2.83. The van der Waals surface area contributed by atoms with Gasteiger partial charge in [0.2, 0.25) is 0 Å². The van der Waals surface area contributed by atoms with Crippen LogP contribution in [-0.4, -0.2) is 22.4 Å². The molecule has 0 fully saturated rings. The number of ketones is 1. The highest BCUT2D eigenvalue weighted by atomic mass is 16.5.